The van der Waals surface area contributed by atoms with Crippen LogP contribution in [0.5, 0.6) is 0 Å². The van der Waals surface area contributed by atoms with Crippen LogP contribution in [-0.4, -0.2) is 0 Å². The number of fused-ring (bicyclic) bond motifs is 8. The zero-order valence-electron chi connectivity index (χ0n) is 7.72. The van der Waals surface area contributed by atoms with E-state index in [0.29, 0.717) is 0 Å². The fourth-order valence-corrected chi connectivity index (χ4v) is 3.46. The summed E-state index contributed by atoms with van der Waals surface area (Å²) in [5.41, 5.74) is 12.7. The fourth-order valence-electron chi connectivity index (χ4n) is 3.46. The molecule has 0 spiro atoms. The topological polar surface area (TPSA) is 0 Å². The Hall–Kier alpha value is -1.56. The minimum absolute atomic E-state index is 1.21. The van der Waals surface area contributed by atoms with Gasteiger partial charge in [-0.1, -0.05) is 24.3 Å². The first-order chi connectivity index (χ1) is 6.93. The molecule has 0 amide bonds. The highest BCUT2D eigenvalue weighted by Gasteiger charge is 2.45. The van der Waals surface area contributed by atoms with Crippen LogP contribution in [0.25, 0.3) is 0 Å². The highest BCUT2D eigenvalue weighted by molar-refractivity contribution is 5.93. The van der Waals surface area contributed by atoms with E-state index in [9.17, 15) is 0 Å². The molecule has 5 rings (SSSR count). The van der Waals surface area contributed by atoms with Crippen molar-refractivity contribution in [2.75, 3.05) is 0 Å². The summed E-state index contributed by atoms with van der Waals surface area (Å²) in [5, 5.41) is 0. The molecule has 0 aromatic rings. The summed E-state index contributed by atoms with van der Waals surface area (Å²) < 4.78 is 0. The first kappa shape index (κ1) is 6.02. The number of hydrogen-bond donors (Lipinski definition) is 0. The minimum atomic E-state index is 1.21. The van der Waals surface area contributed by atoms with Gasteiger partial charge in [-0.15, -0.1) is 0 Å². The first-order valence-corrected chi connectivity index (χ1v) is 5.24. The fraction of sp³-hybridized carbons (Fsp3) is 0.143. The molecule has 0 unspecified atom stereocenters. The summed E-state index contributed by atoms with van der Waals surface area (Å²) in [4.78, 5) is 0. The number of rotatable bonds is 0. The van der Waals surface area contributed by atoms with Gasteiger partial charge in [0, 0.05) is 0 Å². The van der Waals surface area contributed by atoms with Crippen LogP contribution in [0.1, 0.15) is 12.8 Å². The third-order valence-electron chi connectivity index (χ3n) is 4.02. The van der Waals surface area contributed by atoms with Gasteiger partial charge in [0.1, 0.15) is 0 Å². The lowest BCUT2D eigenvalue weighted by molar-refractivity contribution is 1.22. The van der Waals surface area contributed by atoms with Gasteiger partial charge in [0.15, 0.2) is 0 Å². The van der Waals surface area contributed by atoms with E-state index in [1.54, 1.807) is 44.6 Å². The maximum atomic E-state index is 2.30. The second-order valence-electron chi connectivity index (χ2n) is 4.62. The van der Waals surface area contributed by atoms with Crippen LogP contribution in [0.4, 0.5) is 0 Å². The molecule has 0 aromatic heterocycles. The summed E-state index contributed by atoms with van der Waals surface area (Å²) >= 11 is 0. The van der Waals surface area contributed by atoms with E-state index in [2.05, 4.69) is 24.3 Å². The van der Waals surface area contributed by atoms with Gasteiger partial charge in [0.2, 0.25) is 0 Å². The summed E-state index contributed by atoms with van der Waals surface area (Å²) in [6, 6.07) is 0. The highest BCUT2D eigenvalue weighted by atomic mass is 14.5. The number of hydrogen-bond acceptors (Lipinski definition) is 0. The Morgan fingerprint density at radius 3 is 1.07 bits per heavy atom. The maximum absolute atomic E-state index is 2.30. The molecule has 5 aliphatic carbocycles. The van der Waals surface area contributed by atoms with Crippen molar-refractivity contribution in [2.24, 2.45) is 0 Å². The van der Waals surface area contributed by atoms with Crippen molar-refractivity contribution < 1.29 is 0 Å². The van der Waals surface area contributed by atoms with E-state index >= 15 is 0 Å². The average Bonchev–Trinajstić information content (AvgIpc) is 2.82. The van der Waals surface area contributed by atoms with Crippen molar-refractivity contribution in [3.05, 3.63) is 68.9 Å². The first-order valence-electron chi connectivity index (χ1n) is 5.24. The predicted octanol–water partition coefficient (Wildman–Crippen LogP) is 3.13. The van der Waals surface area contributed by atoms with Crippen molar-refractivity contribution >= 4 is 0 Å². The van der Waals surface area contributed by atoms with Gasteiger partial charge in [0.25, 0.3) is 0 Å². The van der Waals surface area contributed by atoms with Gasteiger partial charge in [-0.05, 0) is 57.4 Å². The molecule has 5 aliphatic rings. The molecule has 0 nitrogen and oxygen atoms in total. The zero-order valence-corrected chi connectivity index (χ0v) is 7.72. The Morgan fingerprint density at radius 2 is 0.786 bits per heavy atom. The van der Waals surface area contributed by atoms with Gasteiger partial charge in [-0.25, -0.2) is 0 Å². The molecular weight excluding hydrogens is 168 g/mol. The second kappa shape index (κ2) is 1.54. The van der Waals surface area contributed by atoms with Gasteiger partial charge in [-0.3, -0.25) is 0 Å². The smallest absolute Gasteiger partial charge is 0.00130 e. The maximum Gasteiger partial charge on any atom is -0.00130 e. The Bertz CT molecular complexity index is 486. The largest absolute Gasteiger partial charge is 0.0578 e. The standard InChI is InChI=1S/C14H8/c1-2-8-5-7(1)11-12(8)14-10-4-3-9(6-10)13(11)14/h1-4H,5-6H2. The molecule has 1 fully saturated rings. The molecule has 0 aliphatic heterocycles. The SMILES string of the molecule is C1=CC2=C3C(=C1C2)C1=C2C=CC(=C31)C2. The summed E-state index contributed by atoms with van der Waals surface area (Å²) in [7, 11) is 0. The second-order valence-corrected chi connectivity index (χ2v) is 4.62. The van der Waals surface area contributed by atoms with E-state index in [1.165, 1.54) is 12.8 Å². The molecule has 0 aromatic carbocycles. The average molecular weight is 176 g/mol. The van der Waals surface area contributed by atoms with Gasteiger partial charge in [0.05, 0.1) is 0 Å². The monoisotopic (exact) mass is 176 g/mol. The third kappa shape index (κ3) is 0.396. The molecule has 0 heterocycles. The van der Waals surface area contributed by atoms with Crippen molar-refractivity contribution in [3.63, 3.8) is 0 Å². The van der Waals surface area contributed by atoms with Crippen LogP contribution in [0.2, 0.25) is 0 Å². The van der Waals surface area contributed by atoms with Gasteiger partial charge in [-0.2, -0.15) is 0 Å². The molecule has 0 saturated heterocycles. The highest BCUT2D eigenvalue weighted by Crippen LogP contribution is 2.63. The molecule has 0 heteroatoms. The van der Waals surface area contributed by atoms with Crippen LogP contribution < -0.4 is 0 Å². The van der Waals surface area contributed by atoms with E-state index < -0.39 is 0 Å². The molecule has 4 bridgehead atoms. The molecular formula is C14H8. The normalized spacial score (nSPS) is 28.6. The van der Waals surface area contributed by atoms with Crippen LogP contribution in [0.3, 0.4) is 0 Å². The molecule has 0 N–H and O–H groups in total. The third-order valence-corrected chi connectivity index (χ3v) is 4.02. The summed E-state index contributed by atoms with van der Waals surface area (Å²) in [6.07, 6.45) is 11.6. The lowest BCUT2D eigenvalue weighted by Crippen LogP contribution is -2.14. The van der Waals surface area contributed by atoms with Crippen molar-refractivity contribution in [1.82, 2.24) is 0 Å². The van der Waals surface area contributed by atoms with E-state index in [-0.39, 0.29) is 0 Å². The molecule has 1 saturated carbocycles. The zero-order chi connectivity index (χ0) is 8.86. The minimum Gasteiger partial charge on any atom is -0.0578 e. The molecule has 0 atom stereocenters. The van der Waals surface area contributed by atoms with Crippen LogP contribution in [0.15, 0.2) is 68.9 Å². The quantitative estimate of drug-likeness (QED) is 0.532. The van der Waals surface area contributed by atoms with Crippen LogP contribution >= 0.6 is 0 Å². The summed E-state index contributed by atoms with van der Waals surface area (Å²) in [6.45, 7) is 0. The Labute approximate surface area is 82.3 Å². The van der Waals surface area contributed by atoms with E-state index in [4.69, 9.17) is 0 Å². The van der Waals surface area contributed by atoms with Crippen LogP contribution in [-0.2, 0) is 0 Å². The predicted molar refractivity (Wildman–Crippen MR) is 55.6 cm³/mol. The Morgan fingerprint density at radius 1 is 0.500 bits per heavy atom. The lowest BCUT2D eigenvalue weighted by Gasteiger charge is -2.31. The van der Waals surface area contributed by atoms with Gasteiger partial charge < -0.3 is 0 Å². The molecule has 14 heavy (non-hydrogen) atoms. The van der Waals surface area contributed by atoms with E-state index in [1.807, 2.05) is 0 Å². The molecule has 64 valence electrons. The van der Waals surface area contributed by atoms with Crippen LogP contribution in [0, 0.1) is 0 Å². The van der Waals surface area contributed by atoms with E-state index in [0.717, 1.165) is 0 Å². The van der Waals surface area contributed by atoms with Crippen molar-refractivity contribution in [2.45, 2.75) is 12.8 Å². The van der Waals surface area contributed by atoms with Crippen molar-refractivity contribution in [1.29, 1.82) is 0 Å². The lowest BCUT2D eigenvalue weighted by atomic mass is 9.71. The Balaban J connectivity index is 2.02. The van der Waals surface area contributed by atoms with Gasteiger partial charge >= 0.3 is 0 Å². The Kier molecular flexibility index (Phi) is 0.663. The molecule has 0 radical (unpaired) electrons. The van der Waals surface area contributed by atoms with Crippen molar-refractivity contribution in [3.8, 4) is 0 Å². The number of allylic oxidation sites excluding steroid dienone is 12. The summed E-state index contributed by atoms with van der Waals surface area (Å²) in [5.74, 6) is 0.